The van der Waals surface area contributed by atoms with Crippen molar-refractivity contribution in [2.24, 2.45) is 0 Å². The minimum absolute atomic E-state index is 0.293. The van der Waals surface area contributed by atoms with Gasteiger partial charge >= 0.3 is 5.97 Å². The highest BCUT2D eigenvalue weighted by Crippen LogP contribution is 2.28. The van der Waals surface area contributed by atoms with Crippen molar-refractivity contribution in [2.75, 3.05) is 20.8 Å². The number of aromatic carboxylic acids is 1. The van der Waals surface area contributed by atoms with Gasteiger partial charge in [0.25, 0.3) is 0 Å². The van der Waals surface area contributed by atoms with Crippen LogP contribution in [0.25, 0.3) is 11.4 Å². The zero-order chi connectivity index (χ0) is 20.8. The lowest BCUT2D eigenvalue weighted by Gasteiger charge is -2.10. The summed E-state index contributed by atoms with van der Waals surface area (Å²) in [5.41, 5.74) is 2.55. The van der Waals surface area contributed by atoms with Gasteiger partial charge < -0.3 is 23.9 Å². The predicted octanol–water partition coefficient (Wildman–Crippen LogP) is 4.24. The van der Waals surface area contributed by atoms with Crippen molar-refractivity contribution in [1.82, 2.24) is 9.55 Å². The summed E-state index contributed by atoms with van der Waals surface area (Å²) >= 11 is 1.49. The highest BCUT2D eigenvalue weighted by Gasteiger charge is 2.19. The molecule has 0 aliphatic carbocycles. The number of ether oxygens (including phenoxy) is 3. The maximum atomic E-state index is 11.6. The molecule has 0 atom stereocenters. The SMILES string of the molecule is COCCCn1c(-c2csc(COc3ccc(OC)cc3)n2)cc(C(=O)O)c1C. The first-order valence-corrected chi connectivity index (χ1v) is 10.1. The third-order valence-electron chi connectivity index (χ3n) is 4.56. The zero-order valence-corrected chi connectivity index (χ0v) is 17.5. The molecular formula is C21H24N2O5S. The molecule has 0 fully saturated rings. The molecular weight excluding hydrogens is 392 g/mol. The van der Waals surface area contributed by atoms with Gasteiger partial charge in [0.1, 0.15) is 23.1 Å². The van der Waals surface area contributed by atoms with E-state index in [9.17, 15) is 9.90 Å². The van der Waals surface area contributed by atoms with Gasteiger partial charge in [0.15, 0.2) is 0 Å². The second-order valence-corrected chi connectivity index (χ2v) is 7.37. The average Bonchev–Trinajstić information content (AvgIpc) is 3.32. The van der Waals surface area contributed by atoms with Gasteiger partial charge in [-0.05, 0) is 43.7 Å². The maximum Gasteiger partial charge on any atom is 0.337 e. The zero-order valence-electron chi connectivity index (χ0n) is 16.7. The smallest absolute Gasteiger partial charge is 0.337 e. The van der Waals surface area contributed by atoms with Gasteiger partial charge in [-0.1, -0.05) is 0 Å². The number of carboxylic acids is 1. The Kier molecular flexibility index (Phi) is 6.90. The summed E-state index contributed by atoms with van der Waals surface area (Å²) in [7, 11) is 3.28. The van der Waals surface area contributed by atoms with E-state index in [1.807, 2.05) is 41.1 Å². The molecule has 29 heavy (non-hydrogen) atoms. The van der Waals surface area contributed by atoms with Crippen molar-refractivity contribution in [3.05, 3.63) is 52.0 Å². The summed E-state index contributed by atoms with van der Waals surface area (Å²) in [5.74, 6) is 0.565. The molecule has 0 spiro atoms. The summed E-state index contributed by atoms with van der Waals surface area (Å²) in [6, 6.07) is 9.05. The number of aromatic nitrogens is 2. The first-order chi connectivity index (χ1) is 14.0. The van der Waals surface area contributed by atoms with E-state index >= 15 is 0 Å². The minimum Gasteiger partial charge on any atom is -0.497 e. The average molecular weight is 416 g/mol. The van der Waals surface area contributed by atoms with Crippen LogP contribution in [0, 0.1) is 6.92 Å². The molecule has 0 bridgehead atoms. The number of thiazole rings is 1. The van der Waals surface area contributed by atoms with Crippen LogP contribution in [-0.2, 0) is 17.9 Å². The van der Waals surface area contributed by atoms with Crippen LogP contribution in [0.1, 0.15) is 27.5 Å². The topological polar surface area (TPSA) is 82.8 Å². The van der Waals surface area contributed by atoms with Gasteiger partial charge in [0.05, 0.1) is 24.1 Å². The third-order valence-corrected chi connectivity index (χ3v) is 5.39. The Balaban J connectivity index is 1.77. The Morgan fingerprint density at radius 1 is 1.21 bits per heavy atom. The van der Waals surface area contributed by atoms with E-state index in [1.165, 1.54) is 11.3 Å². The number of hydrogen-bond acceptors (Lipinski definition) is 6. The van der Waals surface area contributed by atoms with Crippen LogP contribution < -0.4 is 9.47 Å². The van der Waals surface area contributed by atoms with Crippen LogP contribution in [0.15, 0.2) is 35.7 Å². The molecule has 0 aliphatic rings. The summed E-state index contributed by atoms with van der Waals surface area (Å²) in [5, 5.41) is 12.2. The molecule has 7 nitrogen and oxygen atoms in total. The fourth-order valence-corrected chi connectivity index (χ4v) is 3.74. The van der Waals surface area contributed by atoms with Gasteiger partial charge in [-0.25, -0.2) is 9.78 Å². The van der Waals surface area contributed by atoms with Gasteiger partial charge in [0, 0.05) is 31.3 Å². The molecule has 0 radical (unpaired) electrons. The molecule has 0 amide bonds. The molecule has 3 aromatic rings. The number of benzene rings is 1. The molecule has 0 unspecified atom stereocenters. The number of methoxy groups -OCH3 is 2. The molecule has 0 saturated heterocycles. The lowest BCUT2D eigenvalue weighted by molar-refractivity contribution is 0.0696. The second-order valence-electron chi connectivity index (χ2n) is 6.42. The van der Waals surface area contributed by atoms with Crippen LogP contribution in [-0.4, -0.2) is 41.5 Å². The van der Waals surface area contributed by atoms with Crippen molar-refractivity contribution >= 4 is 17.3 Å². The molecule has 0 aliphatic heterocycles. The number of carbonyl (C=O) groups is 1. The van der Waals surface area contributed by atoms with Crippen LogP contribution in [0.5, 0.6) is 11.5 Å². The number of nitrogens with zero attached hydrogens (tertiary/aromatic N) is 2. The number of hydrogen-bond donors (Lipinski definition) is 1. The van der Waals surface area contributed by atoms with E-state index in [0.29, 0.717) is 31.0 Å². The van der Waals surface area contributed by atoms with E-state index in [-0.39, 0.29) is 0 Å². The Bertz CT molecular complexity index is 962. The molecule has 8 heteroatoms. The van der Waals surface area contributed by atoms with Crippen LogP contribution >= 0.6 is 11.3 Å². The molecule has 1 N–H and O–H groups in total. The van der Waals surface area contributed by atoms with Crippen molar-refractivity contribution in [2.45, 2.75) is 26.5 Å². The maximum absolute atomic E-state index is 11.6. The highest BCUT2D eigenvalue weighted by atomic mass is 32.1. The summed E-state index contributed by atoms with van der Waals surface area (Å²) in [6.07, 6.45) is 0.787. The number of rotatable bonds is 10. The normalized spacial score (nSPS) is 10.9. The number of carboxylic acid groups (broad SMARTS) is 1. The Hall–Kier alpha value is -2.84. The first-order valence-electron chi connectivity index (χ1n) is 9.17. The lowest BCUT2D eigenvalue weighted by Crippen LogP contribution is -2.07. The van der Waals surface area contributed by atoms with Gasteiger partial charge in [-0.15, -0.1) is 11.3 Å². The summed E-state index contributed by atoms with van der Waals surface area (Å²) in [6.45, 7) is 3.43. The molecule has 1 aromatic carbocycles. The van der Waals surface area contributed by atoms with Crippen LogP contribution in [0.3, 0.4) is 0 Å². The Labute approximate surface area is 173 Å². The van der Waals surface area contributed by atoms with Crippen molar-refractivity contribution in [1.29, 1.82) is 0 Å². The lowest BCUT2D eigenvalue weighted by atomic mass is 10.2. The van der Waals surface area contributed by atoms with E-state index in [2.05, 4.69) is 4.98 Å². The first kappa shape index (κ1) is 20.9. The fraction of sp³-hybridized carbons (Fsp3) is 0.333. The summed E-state index contributed by atoms with van der Waals surface area (Å²) in [4.78, 5) is 16.2. The van der Waals surface area contributed by atoms with E-state index in [0.717, 1.165) is 34.3 Å². The largest absolute Gasteiger partial charge is 0.497 e. The molecule has 154 valence electrons. The molecule has 3 rings (SSSR count). The van der Waals surface area contributed by atoms with Gasteiger partial charge in [-0.3, -0.25) is 0 Å². The minimum atomic E-state index is -0.937. The van der Waals surface area contributed by atoms with Crippen molar-refractivity contribution in [3.8, 4) is 22.9 Å². The Morgan fingerprint density at radius 2 is 1.93 bits per heavy atom. The highest BCUT2D eigenvalue weighted by molar-refractivity contribution is 7.09. The molecule has 2 aromatic heterocycles. The van der Waals surface area contributed by atoms with Crippen LogP contribution in [0.2, 0.25) is 0 Å². The fourth-order valence-electron chi connectivity index (χ4n) is 3.04. The van der Waals surface area contributed by atoms with E-state index < -0.39 is 5.97 Å². The second kappa shape index (κ2) is 9.58. The Morgan fingerprint density at radius 3 is 2.59 bits per heavy atom. The third kappa shape index (κ3) is 4.96. The van der Waals surface area contributed by atoms with E-state index in [1.54, 1.807) is 20.3 Å². The van der Waals surface area contributed by atoms with Crippen molar-refractivity contribution < 1.29 is 24.1 Å². The molecule has 2 heterocycles. The van der Waals surface area contributed by atoms with Gasteiger partial charge in [-0.2, -0.15) is 0 Å². The predicted molar refractivity (Wildman–Crippen MR) is 111 cm³/mol. The van der Waals surface area contributed by atoms with Crippen LogP contribution in [0.4, 0.5) is 0 Å². The van der Waals surface area contributed by atoms with E-state index in [4.69, 9.17) is 14.2 Å². The van der Waals surface area contributed by atoms with Gasteiger partial charge in [0.2, 0.25) is 0 Å². The van der Waals surface area contributed by atoms with Crippen molar-refractivity contribution in [3.63, 3.8) is 0 Å². The summed E-state index contributed by atoms with van der Waals surface area (Å²) < 4.78 is 18.1. The standard InChI is InChI=1S/C21H24N2O5S/c1-14-17(21(24)25)11-19(23(14)9-4-10-26-2)18-13-29-20(22-18)12-28-16-7-5-15(27-3)6-8-16/h5-8,11,13H,4,9-10,12H2,1-3H3,(H,24,25). The monoisotopic (exact) mass is 416 g/mol. The molecule has 0 saturated carbocycles. The quantitative estimate of drug-likeness (QED) is 0.498.